The van der Waals surface area contributed by atoms with Gasteiger partial charge in [-0.05, 0) is 30.4 Å². The van der Waals surface area contributed by atoms with Crippen LogP contribution in [-0.4, -0.2) is 34.0 Å². The van der Waals surface area contributed by atoms with Crippen molar-refractivity contribution in [2.24, 2.45) is 11.8 Å². The van der Waals surface area contributed by atoms with Gasteiger partial charge in [-0.25, -0.2) is 0 Å². The summed E-state index contributed by atoms with van der Waals surface area (Å²) in [6.07, 6.45) is 0.498. The second-order valence-electron chi connectivity index (χ2n) is 6.67. The fourth-order valence-corrected chi connectivity index (χ4v) is 3.39. The molecule has 0 aliphatic heterocycles. The van der Waals surface area contributed by atoms with Crippen LogP contribution in [0.5, 0.6) is 0 Å². The van der Waals surface area contributed by atoms with Crippen LogP contribution in [0.4, 0.5) is 0 Å². The Kier molecular flexibility index (Phi) is 5.94. The number of hydroxylamine groups is 1. The third-order valence-electron chi connectivity index (χ3n) is 4.88. The summed E-state index contributed by atoms with van der Waals surface area (Å²) in [6.45, 7) is 0.322. The molecule has 4 N–H and O–H groups in total. The lowest BCUT2D eigenvalue weighted by Crippen LogP contribution is -2.32. The fourth-order valence-electron chi connectivity index (χ4n) is 3.39. The van der Waals surface area contributed by atoms with Crippen molar-refractivity contribution < 1.29 is 25.0 Å². The maximum Gasteiger partial charge on any atom is 0.303 e. The Morgan fingerprint density at radius 2 is 2.08 bits per heavy atom. The molecule has 3 rings (SSSR count). The first-order valence-corrected chi connectivity index (χ1v) is 8.80. The van der Waals surface area contributed by atoms with E-state index in [4.69, 9.17) is 9.94 Å². The normalized spacial score (nSPS) is 24.9. The van der Waals surface area contributed by atoms with Gasteiger partial charge in [0.15, 0.2) is 0 Å². The highest BCUT2D eigenvalue weighted by molar-refractivity contribution is 5.66. The van der Waals surface area contributed by atoms with Crippen LogP contribution in [0.3, 0.4) is 0 Å². The number of allylic oxidation sites excluding steroid dienone is 1. The Hall–Kier alpha value is -2.33. The molecule has 1 fully saturated rings. The molecule has 0 amide bonds. The van der Waals surface area contributed by atoms with E-state index in [-0.39, 0.29) is 18.3 Å². The molecule has 138 valence electrons. The predicted molar refractivity (Wildman–Crippen MR) is 94.4 cm³/mol. The lowest BCUT2D eigenvalue weighted by atomic mass is 9.83. The van der Waals surface area contributed by atoms with Gasteiger partial charge < -0.3 is 15.3 Å². The average Bonchev–Trinajstić information content (AvgIpc) is 2.87. The van der Waals surface area contributed by atoms with Gasteiger partial charge in [0.2, 0.25) is 0 Å². The highest BCUT2D eigenvalue weighted by Gasteiger charge is 2.45. The molecule has 0 aromatic heterocycles. The van der Waals surface area contributed by atoms with Crippen LogP contribution in [-0.2, 0) is 9.63 Å². The molecule has 0 heterocycles. The highest BCUT2D eigenvalue weighted by Crippen LogP contribution is 2.48. The van der Waals surface area contributed by atoms with E-state index in [1.165, 1.54) is 0 Å². The Bertz CT molecular complexity index is 734. The zero-order valence-corrected chi connectivity index (χ0v) is 14.4. The molecule has 0 bridgehead atoms. The number of fused-ring (bicyclic) bond motifs is 1. The Morgan fingerprint density at radius 3 is 2.81 bits per heavy atom. The van der Waals surface area contributed by atoms with Crippen LogP contribution in [0.15, 0.2) is 41.6 Å². The van der Waals surface area contributed by atoms with Crippen molar-refractivity contribution in [3.8, 4) is 11.8 Å². The van der Waals surface area contributed by atoms with Gasteiger partial charge >= 0.3 is 5.97 Å². The van der Waals surface area contributed by atoms with Crippen molar-refractivity contribution in [1.29, 1.82) is 0 Å². The van der Waals surface area contributed by atoms with Crippen LogP contribution in [0.2, 0.25) is 0 Å². The van der Waals surface area contributed by atoms with Gasteiger partial charge in [-0.1, -0.05) is 42.2 Å². The third kappa shape index (κ3) is 4.25. The lowest BCUT2D eigenvalue weighted by molar-refractivity contribution is -0.137. The maximum absolute atomic E-state index is 10.4. The number of carboxylic acids is 1. The lowest BCUT2D eigenvalue weighted by Gasteiger charge is -2.30. The number of carboxylic acid groups (broad SMARTS) is 1. The molecule has 1 saturated carbocycles. The van der Waals surface area contributed by atoms with Crippen molar-refractivity contribution in [3.63, 3.8) is 0 Å². The Balaban J connectivity index is 1.52. The fraction of sp³-hybridized carbons (Fsp3) is 0.450. The van der Waals surface area contributed by atoms with Crippen LogP contribution < -0.4 is 5.48 Å². The summed E-state index contributed by atoms with van der Waals surface area (Å²) in [4.78, 5) is 15.7. The van der Waals surface area contributed by atoms with E-state index in [0.29, 0.717) is 25.9 Å². The van der Waals surface area contributed by atoms with Gasteiger partial charge in [0.1, 0.15) is 6.10 Å². The first kappa shape index (κ1) is 18.5. The Labute approximate surface area is 152 Å². The number of aliphatic carboxylic acids is 1. The summed E-state index contributed by atoms with van der Waals surface area (Å²) in [5.74, 6) is 4.92. The predicted octanol–water partition coefficient (Wildman–Crippen LogP) is 1.76. The van der Waals surface area contributed by atoms with Gasteiger partial charge in [-0.15, -0.1) is 0 Å². The van der Waals surface area contributed by atoms with Crippen molar-refractivity contribution in [2.75, 3.05) is 6.61 Å². The number of benzene rings is 1. The van der Waals surface area contributed by atoms with E-state index in [2.05, 4.69) is 17.3 Å². The number of aliphatic hydroxyl groups excluding tert-OH is 2. The number of hydrogen-bond acceptors (Lipinski definition) is 5. The largest absolute Gasteiger partial charge is 0.481 e. The zero-order valence-electron chi connectivity index (χ0n) is 14.4. The third-order valence-corrected chi connectivity index (χ3v) is 4.88. The van der Waals surface area contributed by atoms with E-state index in [0.717, 1.165) is 16.8 Å². The topological polar surface area (TPSA) is 99.0 Å². The van der Waals surface area contributed by atoms with Gasteiger partial charge in [-0.3, -0.25) is 15.1 Å². The molecule has 4 atom stereocenters. The van der Waals surface area contributed by atoms with Gasteiger partial charge in [0.05, 0.1) is 18.6 Å². The monoisotopic (exact) mass is 357 g/mol. The summed E-state index contributed by atoms with van der Waals surface area (Å²) >= 11 is 0. The molecule has 26 heavy (non-hydrogen) atoms. The van der Waals surface area contributed by atoms with E-state index >= 15 is 0 Å². The first-order chi connectivity index (χ1) is 12.6. The second kappa shape index (κ2) is 8.37. The average molecular weight is 357 g/mol. The minimum absolute atomic E-state index is 0.0797. The molecule has 6 heteroatoms. The summed E-state index contributed by atoms with van der Waals surface area (Å²) in [5, 5.41) is 29.1. The standard InChI is InChI=1S/C20H23NO5/c22-18(13-5-2-1-3-6-13)9-8-14-11-15-16(20(14)25)12-17(15)21-26-10-4-7-19(23)24/h1-3,5-6,14,16,18,20-22,25H,4,7,10-12H2,(H,23,24). The summed E-state index contributed by atoms with van der Waals surface area (Å²) < 4.78 is 0. The van der Waals surface area contributed by atoms with Gasteiger partial charge in [-0.2, -0.15) is 0 Å². The molecule has 1 aromatic rings. The molecular formula is C20H23NO5. The summed E-state index contributed by atoms with van der Waals surface area (Å²) in [7, 11) is 0. The molecule has 4 unspecified atom stereocenters. The molecule has 2 aliphatic rings. The maximum atomic E-state index is 10.4. The van der Waals surface area contributed by atoms with Crippen molar-refractivity contribution in [1.82, 2.24) is 5.48 Å². The summed E-state index contributed by atoms with van der Waals surface area (Å²) in [5.41, 5.74) is 5.69. The number of rotatable bonds is 7. The summed E-state index contributed by atoms with van der Waals surface area (Å²) in [6, 6.07) is 9.22. The number of carbonyl (C=O) groups is 1. The van der Waals surface area contributed by atoms with Gasteiger partial charge in [0, 0.05) is 18.0 Å². The molecule has 0 spiro atoms. The molecule has 1 aromatic carbocycles. The van der Waals surface area contributed by atoms with Crippen LogP contribution in [0, 0.1) is 23.7 Å². The minimum atomic E-state index is -0.856. The molecule has 0 saturated heterocycles. The SMILES string of the molecule is O=C(O)CCCONC1=C2CC(C#CC(O)c3ccccc3)C(O)C2C1. The highest BCUT2D eigenvalue weighted by atomic mass is 16.6. The minimum Gasteiger partial charge on any atom is -0.481 e. The van der Waals surface area contributed by atoms with Crippen molar-refractivity contribution in [2.45, 2.75) is 37.9 Å². The van der Waals surface area contributed by atoms with Gasteiger partial charge in [0.25, 0.3) is 0 Å². The van der Waals surface area contributed by atoms with E-state index in [9.17, 15) is 15.0 Å². The van der Waals surface area contributed by atoms with Crippen LogP contribution >= 0.6 is 0 Å². The number of aliphatic hydroxyl groups is 2. The van der Waals surface area contributed by atoms with E-state index in [1.54, 1.807) is 0 Å². The molecular weight excluding hydrogens is 334 g/mol. The van der Waals surface area contributed by atoms with Crippen LogP contribution in [0.25, 0.3) is 0 Å². The van der Waals surface area contributed by atoms with Crippen LogP contribution in [0.1, 0.15) is 37.4 Å². The first-order valence-electron chi connectivity index (χ1n) is 8.80. The quantitative estimate of drug-likeness (QED) is 0.337. The molecule has 2 aliphatic carbocycles. The number of hydrogen-bond donors (Lipinski definition) is 4. The smallest absolute Gasteiger partial charge is 0.303 e. The zero-order chi connectivity index (χ0) is 18.5. The number of nitrogens with one attached hydrogen (secondary N) is 1. The molecule has 6 nitrogen and oxygen atoms in total. The van der Waals surface area contributed by atoms with E-state index in [1.807, 2.05) is 30.3 Å². The molecule has 0 radical (unpaired) electrons. The van der Waals surface area contributed by atoms with Crippen molar-refractivity contribution in [3.05, 3.63) is 47.2 Å². The second-order valence-corrected chi connectivity index (χ2v) is 6.67. The van der Waals surface area contributed by atoms with Crippen molar-refractivity contribution >= 4 is 5.97 Å². The van der Waals surface area contributed by atoms with E-state index < -0.39 is 18.2 Å². The Morgan fingerprint density at radius 1 is 1.31 bits per heavy atom.